The van der Waals surface area contributed by atoms with Crippen LogP contribution in [0.15, 0.2) is 12.1 Å². The van der Waals surface area contributed by atoms with Gasteiger partial charge in [-0.2, -0.15) is 0 Å². The number of nitrogens with one attached hydrogen (secondary N) is 2. The zero-order valence-corrected chi connectivity index (χ0v) is 10.3. The zero-order valence-electron chi connectivity index (χ0n) is 9.52. The van der Waals surface area contributed by atoms with E-state index in [4.69, 9.17) is 11.6 Å². The molecule has 2 N–H and O–H groups in total. The lowest BCUT2D eigenvalue weighted by atomic mass is 9.93. The van der Waals surface area contributed by atoms with Crippen molar-refractivity contribution in [3.63, 3.8) is 0 Å². The summed E-state index contributed by atoms with van der Waals surface area (Å²) in [6.45, 7) is 1.63. The molecule has 1 aromatic carbocycles. The van der Waals surface area contributed by atoms with Crippen molar-refractivity contribution in [3.05, 3.63) is 28.5 Å². The van der Waals surface area contributed by atoms with Gasteiger partial charge >= 0.3 is 6.03 Å². The lowest BCUT2D eigenvalue weighted by Crippen LogP contribution is -2.41. The Hall–Kier alpha value is -1.29. The first-order valence-electron chi connectivity index (χ1n) is 5.59. The fourth-order valence-corrected chi connectivity index (χ4v) is 1.85. The quantitative estimate of drug-likeness (QED) is 0.836. The van der Waals surface area contributed by atoms with E-state index in [-0.39, 0.29) is 22.9 Å². The van der Waals surface area contributed by atoms with Gasteiger partial charge in [0.1, 0.15) is 5.82 Å². The number of hydrogen-bond acceptors (Lipinski definition) is 1. The monoisotopic (exact) mass is 256 g/mol. The summed E-state index contributed by atoms with van der Waals surface area (Å²) in [6.07, 6.45) is 3.19. The molecule has 0 radical (unpaired) electrons. The van der Waals surface area contributed by atoms with E-state index in [9.17, 15) is 9.18 Å². The molecule has 0 atom stereocenters. The fraction of sp³-hybridized carbons (Fsp3) is 0.417. The molecule has 17 heavy (non-hydrogen) atoms. The first-order chi connectivity index (χ1) is 8.06. The number of hydrogen-bond donors (Lipinski definition) is 2. The van der Waals surface area contributed by atoms with Crippen LogP contribution in [0.4, 0.5) is 14.9 Å². The molecule has 0 saturated heterocycles. The normalized spacial score (nSPS) is 15.2. The molecule has 0 aliphatic heterocycles. The van der Waals surface area contributed by atoms with Crippen molar-refractivity contribution >= 4 is 23.3 Å². The second kappa shape index (κ2) is 4.92. The highest BCUT2D eigenvalue weighted by Crippen LogP contribution is 2.25. The predicted octanol–water partition coefficient (Wildman–Crippen LogP) is 3.46. The summed E-state index contributed by atoms with van der Waals surface area (Å²) in [6, 6.07) is 2.70. The average Bonchev–Trinajstić information content (AvgIpc) is 2.20. The maximum Gasteiger partial charge on any atom is 0.319 e. The predicted molar refractivity (Wildman–Crippen MR) is 65.9 cm³/mol. The van der Waals surface area contributed by atoms with Crippen molar-refractivity contribution in [2.45, 2.75) is 32.2 Å². The van der Waals surface area contributed by atoms with Gasteiger partial charge in [0.2, 0.25) is 0 Å². The molecule has 1 aliphatic rings. The molecular weight excluding hydrogens is 243 g/mol. The molecule has 1 fully saturated rings. The summed E-state index contributed by atoms with van der Waals surface area (Å²) in [5, 5.41) is 5.66. The molecule has 1 saturated carbocycles. The second-order valence-corrected chi connectivity index (χ2v) is 4.71. The maximum atomic E-state index is 13.2. The van der Waals surface area contributed by atoms with Gasteiger partial charge < -0.3 is 10.6 Å². The van der Waals surface area contributed by atoms with Crippen molar-refractivity contribution in [1.82, 2.24) is 5.32 Å². The summed E-state index contributed by atoms with van der Waals surface area (Å²) in [4.78, 5) is 11.6. The number of amides is 2. The fourth-order valence-electron chi connectivity index (χ4n) is 1.65. The zero-order chi connectivity index (χ0) is 12.4. The first-order valence-corrected chi connectivity index (χ1v) is 5.97. The highest BCUT2D eigenvalue weighted by molar-refractivity contribution is 6.33. The number of rotatable bonds is 2. The van der Waals surface area contributed by atoms with Gasteiger partial charge in [0.05, 0.1) is 10.7 Å². The third-order valence-corrected chi connectivity index (χ3v) is 3.25. The number of halogens is 2. The van der Waals surface area contributed by atoms with Crippen molar-refractivity contribution < 1.29 is 9.18 Å². The van der Waals surface area contributed by atoms with E-state index in [0.717, 1.165) is 19.3 Å². The number of aryl methyl sites for hydroxylation is 1. The Bertz CT molecular complexity index is 446. The van der Waals surface area contributed by atoms with Gasteiger partial charge in [-0.1, -0.05) is 11.6 Å². The molecule has 2 rings (SSSR count). The number of benzene rings is 1. The van der Waals surface area contributed by atoms with Crippen LogP contribution in [0.25, 0.3) is 0 Å². The smallest absolute Gasteiger partial charge is 0.319 e. The van der Waals surface area contributed by atoms with E-state index in [1.807, 2.05) is 0 Å². The Morgan fingerprint density at radius 3 is 2.76 bits per heavy atom. The van der Waals surface area contributed by atoms with Crippen molar-refractivity contribution in [2.24, 2.45) is 0 Å². The summed E-state index contributed by atoms with van der Waals surface area (Å²) >= 11 is 5.85. The SMILES string of the molecule is Cc1cc(NC(=O)NC2CCC2)c(Cl)cc1F. The second-order valence-electron chi connectivity index (χ2n) is 4.31. The van der Waals surface area contributed by atoms with E-state index in [0.29, 0.717) is 11.3 Å². The Labute approximate surface area is 104 Å². The number of carbonyl (C=O) groups excluding carboxylic acids is 1. The molecule has 1 aliphatic carbocycles. The first kappa shape index (κ1) is 12.2. The molecule has 0 unspecified atom stereocenters. The van der Waals surface area contributed by atoms with Crippen molar-refractivity contribution in [1.29, 1.82) is 0 Å². The molecule has 0 heterocycles. The lowest BCUT2D eigenvalue weighted by molar-refractivity contribution is 0.240. The van der Waals surface area contributed by atoms with Crippen LogP contribution in [0.1, 0.15) is 24.8 Å². The van der Waals surface area contributed by atoms with E-state index in [1.165, 1.54) is 12.1 Å². The topological polar surface area (TPSA) is 41.1 Å². The van der Waals surface area contributed by atoms with Crippen LogP contribution < -0.4 is 10.6 Å². The molecule has 0 spiro atoms. The highest BCUT2D eigenvalue weighted by atomic mass is 35.5. The maximum absolute atomic E-state index is 13.2. The standard InChI is InChI=1S/C12H14ClFN2O/c1-7-5-11(9(13)6-10(7)14)16-12(17)15-8-3-2-4-8/h5-6,8H,2-4H2,1H3,(H2,15,16,17). The summed E-state index contributed by atoms with van der Waals surface area (Å²) < 4.78 is 13.2. The largest absolute Gasteiger partial charge is 0.335 e. The van der Waals surface area contributed by atoms with Gasteiger partial charge in [0.15, 0.2) is 0 Å². The summed E-state index contributed by atoms with van der Waals surface area (Å²) in [5.41, 5.74) is 0.885. The van der Waals surface area contributed by atoms with Crippen LogP contribution in [0, 0.1) is 12.7 Å². The number of urea groups is 1. The molecule has 3 nitrogen and oxygen atoms in total. The Morgan fingerprint density at radius 2 is 2.18 bits per heavy atom. The van der Waals surface area contributed by atoms with Crippen molar-refractivity contribution in [3.8, 4) is 0 Å². The van der Waals surface area contributed by atoms with E-state index >= 15 is 0 Å². The van der Waals surface area contributed by atoms with E-state index < -0.39 is 0 Å². The number of anilines is 1. The van der Waals surface area contributed by atoms with Gasteiger partial charge in [-0.3, -0.25) is 0 Å². The minimum Gasteiger partial charge on any atom is -0.335 e. The van der Waals surface area contributed by atoms with Crippen LogP contribution in [0.3, 0.4) is 0 Å². The Balaban J connectivity index is 2.02. The van der Waals surface area contributed by atoms with Crippen LogP contribution in [-0.2, 0) is 0 Å². The molecule has 1 aromatic rings. The van der Waals surface area contributed by atoms with Crippen LogP contribution in [0.2, 0.25) is 5.02 Å². The van der Waals surface area contributed by atoms with Gasteiger partial charge in [0, 0.05) is 6.04 Å². The third kappa shape index (κ3) is 2.88. The molecule has 92 valence electrons. The third-order valence-electron chi connectivity index (χ3n) is 2.94. The Kier molecular flexibility index (Phi) is 3.52. The minimum absolute atomic E-state index is 0.205. The Morgan fingerprint density at radius 1 is 1.47 bits per heavy atom. The summed E-state index contributed by atoms with van der Waals surface area (Å²) in [7, 11) is 0. The summed E-state index contributed by atoms with van der Waals surface area (Å²) in [5.74, 6) is -0.375. The van der Waals surface area contributed by atoms with Crippen LogP contribution >= 0.6 is 11.6 Å². The molecule has 2 amide bonds. The van der Waals surface area contributed by atoms with Gasteiger partial charge in [-0.15, -0.1) is 0 Å². The van der Waals surface area contributed by atoms with Gasteiger partial charge in [-0.25, -0.2) is 9.18 Å². The van der Waals surface area contributed by atoms with Gasteiger partial charge in [0.25, 0.3) is 0 Å². The highest BCUT2D eigenvalue weighted by Gasteiger charge is 2.19. The lowest BCUT2D eigenvalue weighted by Gasteiger charge is -2.26. The molecular formula is C12H14ClFN2O. The minimum atomic E-state index is -0.375. The van der Waals surface area contributed by atoms with Crippen LogP contribution in [-0.4, -0.2) is 12.1 Å². The molecule has 0 aromatic heterocycles. The average molecular weight is 257 g/mol. The van der Waals surface area contributed by atoms with Crippen molar-refractivity contribution in [2.75, 3.05) is 5.32 Å². The number of carbonyl (C=O) groups is 1. The van der Waals surface area contributed by atoms with Gasteiger partial charge in [-0.05, 0) is 43.9 Å². The molecule has 5 heteroatoms. The van der Waals surface area contributed by atoms with Crippen LogP contribution in [0.5, 0.6) is 0 Å². The molecule has 0 bridgehead atoms. The van der Waals surface area contributed by atoms with E-state index in [1.54, 1.807) is 6.92 Å². The van der Waals surface area contributed by atoms with E-state index in [2.05, 4.69) is 10.6 Å².